The molecule has 2 N–H and O–H groups in total. The monoisotopic (exact) mass is 449 g/mol. The van der Waals surface area contributed by atoms with Crippen molar-refractivity contribution in [2.45, 2.75) is 33.1 Å². The highest BCUT2D eigenvalue weighted by atomic mass is 16.5. The van der Waals surface area contributed by atoms with Gasteiger partial charge in [-0.15, -0.1) is 0 Å². The molecular weight excluding hydrogens is 418 g/mol. The third-order valence-electron chi connectivity index (χ3n) is 5.18. The number of rotatable bonds is 6. The SMILES string of the molecule is COc1ccc(-n2nc(C(C)(C)C)cc2NC(=O)CN(C)C(=O)Nc2ccccc2C)cc1. The fraction of sp³-hybridized carbons (Fsp3) is 0.320. The number of nitrogens with zero attached hydrogens (tertiary/aromatic N) is 3. The Labute approximate surface area is 194 Å². The molecule has 174 valence electrons. The maximum atomic E-state index is 12.8. The summed E-state index contributed by atoms with van der Waals surface area (Å²) in [6.45, 7) is 7.97. The van der Waals surface area contributed by atoms with Crippen LogP contribution in [0, 0.1) is 6.92 Å². The summed E-state index contributed by atoms with van der Waals surface area (Å²) >= 11 is 0. The fourth-order valence-corrected chi connectivity index (χ4v) is 3.15. The van der Waals surface area contributed by atoms with Crippen LogP contribution in [0.5, 0.6) is 5.75 Å². The van der Waals surface area contributed by atoms with E-state index >= 15 is 0 Å². The molecule has 0 saturated heterocycles. The predicted octanol–water partition coefficient (Wildman–Crippen LogP) is 4.59. The van der Waals surface area contributed by atoms with Crippen molar-refractivity contribution in [2.24, 2.45) is 0 Å². The van der Waals surface area contributed by atoms with Crippen molar-refractivity contribution in [2.75, 3.05) is 31.3 Å². The molecule has 8 nitrogen and oxygen atoms in total. The van der Waals surface area contributed by atoms with Crippen LogP contribution in [-0.4, -0.2) is 47.3 Å². The van der Waals surface area contributed by atoms with Gasteiger partial charge in [0.05, 0.1) is 18.5 Å². The number of amides is 3. The number of nitrogens with one attached hydrogen (secondary N) is 2. The summed E-state index contributed by atoms with van der Waals surface area (Å²) in [4.78, 5) is 26.7. The number of aryl methyl sites for hydroxylation is 1. The molecule has 0 aliphatic carbocycles. The number of carbonyl (C=O) groups is 2. The van der Waals surface area contributed by atoms with E-state index < -0.39 is 0 Å². The van der Waals surface area contributed by atoms with Crippen molar-refractivity contribution >= 4 is 23.4 Å². The highest BCUT2D eigenvalue weighted by Crippen LogP contribution is 2.27. The Morgan fingerprint density at radius 2 is 1.73 bits per heavy atom. The Balaban J connectivity index is 1.75. The standard InChI is InChI=1S/C25H31N5O3/c1-17-9-7-8-10-20(17)26-24(32)29(5)16-23(31)27-22-15-21(25(2,3)4)28-30(22)18-11-13-19(33-6)14-12-18/h7-15H,16H2,1-6H3,(H,26,32)(H,27,31). The van der Waals surface area contributed by atoms with E-state index in [2.05, 4.69) is 31.4 Å². The summed E-state index contributed by atoms with van der Waals surface area (Å²) in [6, 6.07) is 16.4. The normalized spacial score (nSPS) is 11.1. The summed E-state index contributed by atoms with van der Waals surface area (Å²) in [7, 11) is 3.19. The van der Waals surface area contributed by atoms with E-state index in [1.807, 2.05) is 61.5 Å². The van der Waals surface area contributed by atoms with E-state index in [0.717, 1.165) is 22.7 Å². The van der Waals surface area contributed by atoms with Crippen molar-refractivity contribution in [3.63, 3.8) is 0 Å². The maximum Gasteiger partial charge on any atom is 0.322 e. The first-order valence-electron chi connectivity index (χ1n) is 10.7. The second-order valence-electron chi connectivity index (χ2n) is 8.92. The lowest BCUT2D eigenvalue weighted by atomic mass is 9.92. The summed E-state index contributed by atoms with van der Waals surface area (Å²) in [5.74, 6) is 0.934. The molecule has 33 heavy (non-hydrogen) atoms. The summed E-state index contributed by atoms with van der Waals surface area (Å²) < 4.78 is 6.92. The number of methoxy groups -OCH3 is 1. The second-order valence-corrected chi connectivity index (χ2v) is 8.92. The van der Waals surface area contributed by atoms with E-state index in [9.17, 15) is 9.59 Å². The van der Waals surface area contributed by atoms with Crippen LogP contribution in [-0.2, 0) is 10.2 Å². The highest BCUT2D eigenvalue weighted by molar-refractivity contribution is 5.96. The lowest BCUT2D eigenvalue weighted by molar-refractivity contribution is -0.116. The number of hydrogen-bond acceptors (Lipinski definition) is 4. The van der Waals surface area contributed by atoms with E-state index in [-0.39, 0.29) is 23.9 Å². The van der Waals surface area contributed by atoms with E-state index in [1.165, 1.54) is 4.90 Å². The van der Waals surface area contributed by atoms with Gasteiger partial charge in [0, 0.05) is 24.2 Å². The maximum absolute atomic E-state index is 12.8. The van der Waals surface area contributed by atoms with Crippen LogP contribution in [0.1, 0.15) is 32.0 Å². The number of para-hydroxylation sites is 1. The first-order valence-corrected chi connectivity index (χ1v) is 10.7. The Hall–Kier alpha value is -3.81. The minimum absolute atomic E-state index is 0.115. The average Bonchev–Trinajstić information content (AvgIpc) is 3.19. The number of aromatic nitrogens is 2. The smallest absolute Gasteiger partial charge is 0.322 e. The van der Waals surface area contributed by atoms with Gasteiger partial charge in [0.2, 0.25) is 5.91 Å². The number of ether oxygens (including phenoxy) is 1. The molecule has 0 bridgehead atoms. The molecule has 0 saturated carbocycles. The number of hydrogen-bond donors (Lipinski definition) is 2. The van der Waals surface area contributed by atoms with E-state index in [4.69, 9.17) is 9.84 Å². The van der Waals surface area contributed by atoms with Crippen molar-refractivity contribution in [3.05, 3.63) is 65.9 Å². The molecule has 2 aromatic carbocycles. The Kier molecular flexibility index (Phi) is 7.06. The van der Waals surface area contributed by atoms with Gasteiger partial charge in [-0.1, -0.05) is 39.0 Å². The number of urea groups is 1. The molecule has 0 unspecified atom stereocenters. The van der Waals surface area contributed by atoms with Gasteiger partial charge in [0.1, 0.15) is 18.1 Å². The number of anilines is 2. The van der Waals surface area contributed by atoms with Crippen LogP contribution in [0.3, 0.4) is 0 Å². The third kappa shape index (κ3) is 5.91. The summed E-state index contributed by atoms with van der Waals surface area (Å²) in [6.07, 6.45) is 0. The Morgan fingerprint density at radius 3 is 2.33 bits per heavy atom. The van der Waals surface area contributed by atoms with Gasteiger partial charge in [-0.2, -0.15) is 5.10 Å². The molecule has 0 aliphatic heterocycles. The van der Waals surface area contributed by atoms with Gasteiger partial charge in [0.15, 0.2) is 0 Å². The topological polar surface area (TPSA) is 88.5 Å². The van der Waals surface area contributed by atoms with Crippen LogP contribution in [0.15, 0.2) is 54.6 Å². The van der Waals surface area contributed by atoms with Gasteiger partial charge in [-0.05, 0) is 42.8 Å². The number of likely N-dealkylation sites (N-methyl/N-ethyl adjacent to an activating group) is 1. The van der Waals surface area contributed by atoms with E-state index in [1.54, 1.807) is 18.8 Å². The molecule has 3 aromatic rings. The van der Waals surface area contributed by atoms with Gasteiger partial charge in [-0.3, -0.25) is 4.79 Å². The molecule has 1 aromatic heterocycles. The van der Waals surface area contributed by atoms with Crippen LogP contribution in [0.25, 0.3) is 5.69 Å². The molecule has 3 amide bonds. The zero-order valence-electron chi connectivity index (χ0n) is 20.0. The van der Waals surface area contributed by atoms with E-state index in [0.29, 0.717) is 11.5 Å². The zero-order chi connectivity index (χ0) is 24.2. The minimum atomic E-state index is -0.363. The Morgan fingerprint density at radius 1 is 1.06 bits per heavy atom. The molecule has 0 fully saturated rings. The Bertz CT molecular complexity index is 1130. The molecule has 0 atom stereocenters. The summed E-state index contributed by atoms with van der Waals surface area (Å²) in [5, 5.41) is 10.4. The molecule has 0 spiro atoms. The van der Waals surface area contributed by atoms with Gasteiger partial charge < -0.3 is 20.3 Å². The van der Waals surface area contributed by atoms with Crippen LogP contribution < -0.4 is 15.4 Å². The molecule has 3 rings (SSSR count). The lowest BCUT2D eigenvalue weighted by Crippen LogP contribution is -2.38. The predicted molar refractivity (Wildman–Crippen MR) is 130 cm³/mol. The van der Waals surface area contributed by atoms with Crippen LogP contribution in [0.4, 0.5) is 16.3 Å². The van der Waals surface area contributed by atoms with Crippen LogP contribution >= 0.6 is 0 Å². The lowest BCUT2D eigenvalue weighted by Gasteiger charge is -2.18. The van der Waals surface area contributed by atoms with Crippen molar-refractivity contribution < 1.29 is 14.3 Å². The molecule has 0 radical (unpaired) electrons. The first kappa shape index (κ1) is 23.8. The quantitative estimate of drug-likeness (QED) is 0.576. The number of carbonyl (C=O) groups excluding carboxylic acids is 2. The summed E-state index contributed by atoms with van der Waals surface area (Å²) in [5.41, 5.74) is 3.07. The van der Waals surface area contributed by atoms with Crippen LogP contribution in [0.2, 0.25) is 0 Å². The fourth-order valence-electron chi connectivity index (χ4n) is 3.15. The van der Waals surface area contributed by atoms with Gasteiger partial charge >= 0.3 is 6.03 Å². The molecule has 1 heterocycles. The number of benzene rings is 2. The highest BCUT2D eigenvalue weighted by Gasteiger charge is 2.22. The largest absolute Gasteiger partial charge is 0.497 e. The molecular formula is C25H31N5O3. The second kappa shape index (κ2) is 9.77. The first-order chi connectivity index (χ1) is 15.6. The molecule has 8 heteroatoms. The van der Waals surface area contributed by atoms with Crippen molar-refractivity contribution in [1.82, 2.24) is 14.7 Å². The van der Waals surface area contributed by atoms with Gasteiger partial charge in [0.25, 0.3) is 0 Å². The molecule has 0 aliphatic rings. The van der Waals surface area contributed by atoms with Gasteiger partial charge in [-0.25, -0.2) is 9.48 Å². The third-order valence-corrected chi connectivity index (χ3v) is 5.18. The minimum Gasteiger partial charge on any atom is -0.497 e. The average molecular weight is 450 g/mol. The zero-order valence-corrected chi connectivity index (χ0v) is 20.0. The van der Waals surface area contributed by atoms with Crippen molar-refractivity contribution in [3.8, 4) is 11.4 Å². The van der Waals surface area contributed by atoms with Crippen molar-refractivity contribution in [1.29, 1.82) is 0 Å².